The van der Waals surface area contributed by atoms with E-state index in [-0.39, 0.29) is 11.8 Å². The van der Waals surface area contributed by atoms with Crippen molar-refractivity contribution in [2.24, 2.45) is 5.10 Å². The van der Waals surface area contributed by atoms with E-state index >= 15 is 0 Å². The molecule has 0 saturated carbocycles. The Morgan fingerprint density at radius 2 is 1.59 bits per heavy atom. The number of nitrogens with zero attached hydrogens (tertiary/aromatic N) is 3. The molecular weight excluding hydrogens is 360 g/mol. The third kappa shape index (κ3) is 6.09. The van der Waals surface area contributed by atoms with Crippen molar-refractivity contribution >= 4 is 11.6 Å². The number of carbonyl (C=O) groups excluding carboxylic acids is 1. The van der Waals surface area contributed by atoms with Crippen LogP contribution >= 0.6 is 0 Å². The van der Waals surface area contributed by atoms with Gasteiger partial charge in [0.25, 0.3) is 5.91 Å². The molecule has 3 rings (SSSR count). The summed E-state index contributed by atoms with van der Waals surface area (Å²) in [6.07, 6.45) is 3.86. The zero-order valence-corrected chi connectivity index (χ0v) is 16.8. The van der Waals surface area contributed by atoms with E-state index in [0.29, 0.717) is 12.0 Å². The quantitative estimate of drug-likeness (QED) is 0.474. The van der Waals surface area contributed by atoms with Crippen LogP contribution in [0.4, 0.5) is 0 Å². The van der Waals surface area contributed by atoms with Gasteiger partial charge in [0, 0.05) is 36.8 Å². The zero-order valence-electron chi connectivity index (χ0n) is 16.8. The summed E-state index contributed by atoms with van der Waals surface area (Å²) < 4.78 is 0. The lowest BCUT2D eigenvalue weighted by Gasteiger charge is -2.23. The van der Waals surface area contributed by atoms with Crippen LogP contribution in [0.25, 0.3) is 0 Å². The SMILES string of the molecule is CN(C)C[C@H](/C(Cc1ccccc1)=N\NC(=O)c1ccncc1)c1ccccc1. The van der Waals surface area contributed by atoms with E-state index in [1.807, 2.05) is 50.5 Å². The summed E-state index contributed by atoms with van der Waals surface area (Å²) in [5, 5.41) is 4.60. The molecule has 5 heteroatoms. The zero-order chi connectivity index (χ0) is 20.5. The van der Waals surface area contributed by atoms with Crippen LogP contribution < -0.4 is 5.43 Å². The van der Waals surface area contributed by atoms with Crippen molar-refractivity contribution in [3.8, 4) is 0 Å². The molecule has 0 bridgehead atoms. The number of aromatic nitrogens is 1. The van der Waals surface area contributed by atoms with Crippen LogP contribution in [-0.2, 0) is 6.42 Å². The highest BCUT2D eigenvalue weighted by Crippen LogP contribution is 2.21. The molecule has 0 aliphatic heterocycles. The number of pyridine rings is 1. The number of nitrogens with one attached hydrogen (secondary N) is 1. The summed E-state index contributed by atoms with van der Waals surface area (Å²) in [5.41, 5.74) is 6.53. The molecule has 0 aliphatic rings. The Morgan fingerprint density at radius 1 is 0.966 bits per heavy atom. The Bertz CT molecular complexity index is 925. The number of hydrogen-bond acceptors (Lipinski definition) is 4. The van der Waals surface area contributed by atoms with Crippen molar-refractivity contribution in [2.45, 2.75) is 12.3 Å². The van der Waals surface area contributed by atoms with Crippen LogP contribution in [0.5, 0.6) is 0 Å². The van der Waals surface area contributed by atoms with Crippen molar-refractivity contribution in [3.05, 3.63) is 102 Å². The molecule has 148 valence electrons. The first-order chi connectivity index (χ1) is 14.1. The minimum atomic E-state index is -0.241. The first-order valence-electron chi connectivity index (χ1n) is 9.64. The molecular formula is C24H26N4O. The highest BCUT2D eigenvalue weighted by Gasteiger charge is 2.20. The highest BCUT2D eigenvalue weighted by atomic mass is 16.2. The van der Waals surface area contributed by atoms with Gasteiger partial charge in [-0.05, 0) is 37.4 Å². The van der Waals surface area contributed by atoms with Crippen LogP contribution in [0.2, 0.25) is 0 Å². The Labute approximate surface area is 172 Å². The number of rotatable bonds is 8. The van der Waals surface area contributed by atoms with Crippen LogP contribution in [0.15, 0.2) is 90.3 Å². The molecule has 1 N–H and O–H groups in total. The molecule has 3 aromatic rings. The van der Waals surface area contributed by atoms with Gasteiger partial charge in [-0.1, -0.05) is 60.7 Å². The summed E-state index contributed by atoms with van der Waals surface area (Å²) in [4.78, 5) is 18.6. The third-order valence-corrected chi connectivity index (χ3v) is 4.62. The smallest absolute Gasteiger partial charge is 0.271 e. The molecule has 29 heavy (non-hydrogen) atoms. The Balaban J connectivity index is 1.92. The molecule has 5 nitrogen and oxygen atoms in total. The van der Waals surface area contributed by atoms with Crippen molar-refractivity contribution < 1.29 is 4.79 Å². The van der Waals surface area contributed by atoms with Gasteiger partial charge in [0.1, 0.15) is 0 Å². The van der Waals surface area contributed by atoms with E-state index < -0.39 is 0 Å². The predicted molar refractivity (Wildman–Crippen MR) is 117 cm³/mol. The fourth-order valence-electron chi connectivity index (χ4n) is 3.19. The minimum Gasteiger partial charge on any atom is -0.308 e. The molecule has 1 atom stereocenters. The molecule has 0 saturated heterocycles. The molecule has 0 fully saturated rings. The van der Waals surface area contributed by atoms with Crippen molar-refractivity contribution in [3.63, 3.8) is 0 Å². The summed E-state index contributed by atoms with van der Waals surface area (Å²) in [6, 6.07) is 23.9. The van der Waals surface area contributed by atoms with Gasteiger partial charge in [0.05, 0.1) is 5.71 Å². The summed E-state index contributed by atoms with van der Waals surface area (Å²) in [5.74, 6) is -0.182. The molecule has 1 heterocycles. The van der Waals surface area contributed by atoms with Gasteiger partial charge in [-0.25, -0.2) is 5.43 Å². The highest BCUT2D eigenvalue weighted by molar-refractivity contribution is 5.97. The standard InChI is InChI=1S/C24H26N4O/c1-28(2)18-22(20-11-7-4-8-12-20)23(17-19-9-5-3-6-10-19)26-27-24(29)21-13-15-25-16-14-21/h3-16,22H,17-18H2,1-2H3,(H,27,29)/b26-23-/t22-/m0/s1. The number of amides is 1. The fraction of sp³-hybridized carbons (Fsp3) is 0.208. The van der Waals surface area contributed by atoms with Gasteiger partial charge in [-0.15, -0.1) is 0 Å². The second kappa shape index (κ2) is 10.3. The topological polar surface area (TPSA) is 57.6 Å². The van der Waals surface area contributed by atoms with Crippen LogP contribution in [-0.4, -0.2) is 42.1 Å². The molecule has 2 aromatic carbocycles. The van der Waals surface area contributed by atoms with Gasteiger partial charge >= 0.3 is 0 Å². The van der Waals surface area contributed by atoms with E-state index in [0.717, 1.165) is 17.8 Å². The number of carbonyl (C=O) groups is 1. The summed E-state index contributed by atoms with van der Waals surface area (Å²) in [6.45, 7) is 0.792. The van der Waals surface area contributed by atoms with E-state index in [9.17, 15) is 4.79 Å². The Kier molecular flexibility index (Phi) is 7.25. The van der Waals surface area contributed by atoms with Crippen LogP contribution in [0.3, 0.4) is 0 Å². The maximum atomic E-state index is 12.5. The minimum absolute atomic E-state index is 0.0594. The molecule has 1 amide bonds. The lowest BCUT2D eigenvalue weighted by atomic mass is 9.90. The van der Waals surface area contributed by atoms with Crippen LogP contribution in [0, 0.1) is 0 Å². The number of hydrazone groups is 1. The normalized spacial score (nSPS) is 12.6. The third-order valence-electron chi connectivity index (χ3n) is 4.62. The average Bonchev–Trinajstić information content (AvgIpc) is 2.76. The Morgan fingerprint density at radius 3 is 2.21 bits per heavy atom. The van der Waals surface area contributed by atoms with Crippen molar-refractivity contribution in [2.75, 3.05) is 20.6 Å². The van der Waals surface area contributed by atoms with E-state index in [4.69, 9.17) is 0 Å². The maximum Gasteiger partial charge on any atom is 0.271 e. The lowest BCUT2D eigenvalue weighted by molar-refractivity contribution is 0.0954. The van der Waals surface area contributed by atoms with Gasteiger partial charge in [0.15, 0.2) is 0 Å². The first kappa shape index (κ1) is 20.4. The average molecular weight is 386 g/mol. The molecule has 1 aromatic heterocycles. The van der Waals surface area contributed by atoms with E-state index in [2.05, 4.69) is 44.7 Å². The van der Waals surface area contributed by atoms with Gasteiger partial charge < -0.3 is 4.90 Å². The van der Waals surface area contributed by atoms with Gasteiger partial charge in [0.2, 0.25) is 0 Å². The van der Waals surface area contributed by atoms with Gasteiger partial charge in [-0.3, -0.25) is 9.78 Å². The van der Waals surface area contributed by atoms with Crippen molar-refractivity contribution in [1.29, 1.82) is 0 Å². The first-order valence-corrected chi connectivity index (χ1v) is 9.64. The number of likely N-dealkylation sites (N-methyl/N-ethyl adjacent to an activating group) is 1. The maximum absolute atomic E-state index is 12.5. The number of benzene rings is 2. The predicted octanol–water partition coefficient (Wildman–Crippen LogP) is 3.76. The molecule has 0 unspecified atom stereocenters. The molecule has 0 spiro atoms. The van der Waals surface area contributed by atoms with Gasteiger partial charge in [-0.2, -0.15) is 5.10 Å². The van der Waals surface area contributed by atoms with E-state index in [1.54, 1.807) is 24.5 Å². The number of hydrogen-bond donors (Lipinski definition) is 1. The molecule has 0 aliphatic carbocycles. The molecule has 0 radical (unpaired) electrons. The summed E-state index contributed by atoms with van der Waals surface area (Å²) >= 11 is 0. The Hall–Kier alpha value is -3.31. The van der Waals surface area contributed by atoms with Crippen LogP contribution in [0.1, 0.15) is 27.4 Å². The van der Waals surface area contributed by atoms with Crippen molar-refractivity contribution in [1.82, 2.24) is 15.3 Å². The monoisotopic (exact) mass is 386 g/mol. The lowest BCUT2D eigenvalue weighted by Crippen LogP contribution is -2.30. The fourth-order valence-corrected chi connectivity index (χ4v) is 3.19. The second-order valence-corrected chi connectivity index (χ2v) is 7.17. The second-order valence-electron chi connectivity index (χ2n) is 7.17. The summed E-state index contributed by atoms with van der Waals surface area (Å²) in [7, 11) is 4.09. The largest absolute Gasteiger partial charge is 0.308 e. The van der Waals surface area contributed by atoms with E-state index in [1.165, 1.54) is 5.56 Å².